The van der Waals surface area contributed by atoms with Crippen molar-refractivity contribution in [2.75, 3.05) is 91.6 Å². The minimum atomic E-state index is -1.02. The summed E-state index contributed by atoms with van der Waals surface area (Å²) in [6.45, 7) is 3.42. The normalized spacial score (nSPS) is 15.6. The van der Waals surface area contributed by atoms with E-state index in [0.29, 0.717) is 65.3 Å². The van der Waals surface area contributed by atoms with Crippen LogP contribution in [0.2, 0.25) is 0 Å². The zero-order chi connectivity index (χ0) is 35.2. The van der Waals surface area contributed by atoms with Crippen LogP contribution in [0.1, 0.15) is 25.5 Å². The number of nitrogens with zero attached hydrogens (tertiary/aromatic N) is 5. The molecule has 2 rings (SSSR count). The number of Topliss-reactive ketones (excluding diaryl/α,β-unsaturated/α-hetero) is 1. The lowest BCUT2D eigenvalue weighted by Crippen LogP contribution is -2.49. The molecule has 2 amide bonds. The Balaban J connectivity index is 0.000000506. The van der Waals surface area contributed by atoms with Crippen LogP contribution in [0.15, 0.2) is 12.5 Å². The number of ketones is 1. The predicted molar refractivity (Wildman–Crippen MR) is 165 cm³/mol. The number of hydrogen-bond donors (Lipinski definition) is 7. The van der Waals surface area contributed by atoms with Crippen molar-refractivity contribution in [2.45, 2.75) is 26.2 Å². The number of amides is 2. The van der Waals surface area contributed by atoms with Crippen LogP contribution in [-0.2, 0) is 40.0 Å². The molecule has 19 heteroatoms. The Morgan fingerprint density at radius 3 is 1.32 bits per heavy atom. The molecular formula is C28H46N8O11. The highest BCUT2D eigenvalue weighted by molar-refractivity contribution is 5.87. The maximum absolute atomic E-state index is 11.4. The van der Waals surface area contributed by atoms with Crippen LogP contribution in [0.4, 0.5) is 0 Å². The molecule has 0 aliphatic carbocycles. The van der Waals surface area contributed by atoms with Crippen molar-refractivity contribution >= 4 is 41.5 Å². The van der Waals surface area contributed by atoms with Crippen molar-refractivity contribution in [3.63, 3.8) is 0 Å². The van der Waals surface area contributed by atoms with Crippen molar-refractivity contribution in [1.29, 1.82) is 0 Å². The Morgan fingerprint density at radius 1 is 0.660 bits per heavy atom. The minimum absolute atomic E-state index is 0.0142. The van der Waals surface area contributed by atoms with E-state index in [9.17, 15) is 33.6 Å². The Hall–Kier alpha value is -4.46. The Morgan fingerprint density at radius 2 is 1.02 bits per heavy atom. The number of carboxylic acids is 4. The quantitative estimate of drug-likeness (QED) is 0.0930. The molecule has 0 radical (unpaired) electrons. The molecule has 1 aromatic heterocycles. The number of aliphatic carboxylic acids is 4. The second-order valence-electron chi connectivity index (χ2n) is 10.8. The number of hydrogen-bond acceptors (Lipinski definition) is 12. The molecule has 0 bridgehead atoms. The van der Waals surface area contributed by atoms with Crippen molar-refractivity contribution in [3.05, 3.63) is 18.2 Å². The third-order valence-electron chi connectivity index (χ3n) is 6.75. The first-order chi connectivity index (χ1) is 22.2. The fourth-order valence-electron chi connectivity index (χ4n) is 4.36. The molecule has 264 valence electrons. The summed E-state index contributed by atoms with van der Waals surface area (Å²) in [4.78, 5) is 91.0. The van der Waals surface area contributed by atoms with Gasteiger partial charge in [0.15, 0.2) is 0 Å². The summed E-state index contributed by atoms with van der Waals surface area (Å²) < 4.78 is 0. The fourth-order valence-corrected chi connectivity index (χ4v) is 4.36. The van der Waals surface area contributed by atoms with Crippen molar-refractivity contribution in [3.8, 4) is 0 Å². The first-order valence-corrected chi connectivity index (χ1v) is 15.0. The number of aromatic amines is 1. The monoisotopic (exact) mass is 670 g/mol. The first-order valence-electron chi connectivity index (χ1n) is 15.0. The SMILES string of the molecule is CC(=O)CNC(=O)CCC(=O)NCCc1cnc[nH]1.O=C(O)CN1CCN(CC(=O)O)CCN(CC(=O)O)CCN(CC(=O)O)CC1. The zero-order valence-electron chi connectivity index (χ0n) is 26.6. The molecule has 1 fully saturated rings. The minimum Gasteiger partial charge on any atom is -0.480 e. The number of rotatable bonds is 16. The van der Waals surface area contributed by atoms with Crippen LogP contribution in [0, 0.1) is 0 Å². The number of nitrogens with one attached hydrogen (secondary N) is 3. The Kier molecular flexibility index (Phi) is 19.8. The zero-order valence-corrected chi connectivity index (χ0v) is 26.6. The van der Waals surface area contributed by atoms with E-state index >= 15 is 0 Å². The average molecular weight is 671 g/mol. The lowest BCUT2D eigenvalue weighted by molar-refractivity contribution is -0.141. The molecule has 47 heavy (non-hydrogen) atoms. The number of aromatic nitrogens is 2. The molecule has 1 saturated heterocycles. The summed E-state index contributed by atoms with van der Waals surface area (Å²) >= 11 is 0. The van der Waals surface area contributed by atoms with Gasteiger partial charge in [-0.25, -0.2) is 4.98 Å². The maximum atomic E-state index is 11.4. The molecule has 0 saturated carbocycles. The molecule has 19 nitrogen and oxygen atoms in total. The molecule has 7 N–H and O–H groups in total. The second-order valence-corrected chi connectivity index (χ2v) is 10.8. The van der Waals surface area contributed by atoms with Crippen molar-refractivity contribution in [2.24, 2.45) is 0 Å². The van der Waals surface area contributed by atoms with Gasteiger partial charge in [0.1, 0.15) is 5.78 Å². The van der Waals surface area contributed by atoms with Crippen LogP contribution in [0.25, 0.3) is 0 Å². The highest BCUT2D eigenvalue weighted by atomic mass is 16.4. The number of carbonyl (C=O) groups excluding carboxylic acids is 3. The number of imidazole rings is 1. The summed E-state index contributed by atoms with van der Waals surface area (Å²) in [7, 11) is 0. The van der Waals surface area contributed by atoms with Gasteiger partial charge in [0, 0.05) is 90.1 Å². The molecule has 0 unspecified atom stereocenters. The van der Waals surface area contributed by atoms with E-state index in [4.69, 9.17) is 20.4 Å². The van der Waals surface area contributed by atoms with Gasteiger partial charge in [-0.2, -0.15) is 0 Å². The molecule has 1 aliphatic rings. The molecule has 0 atom stereocenters. The van der Waals surface area contributed by atoms with Crippen LogP contribution < -0.4 is 10.6 Å². The van der Waals surface area contributed by atoms with E-state index in [1.807, 2.05) is 0 Å². The molecule has 1 aliphatic heterocycles. The molecule has 1 aromatic rings. The summed E-state index contributed by atoms with van der Waals surface area (Å²) in [5.41, 5.74) is 0.944. The van der Waals surface area contributed by atoms with Gasteiger partial charge in [-0.05, 0) is 6.92 Å². The molecule has 2 heterocycles. The van der Waals surface area contributed by atoms with Gasteiger partial charge in [-0.1, -0.05) is 0 Å². The highest BCUT2D eigenvalue weighted by Crippen LogP contribution is 2.01. The molecule has 0 aromatic carbocycles. The standard InChI is InChI=1S/C16H28N4O8.C12H18N4O3/c21-13(22)9-17-1-2-18(10-14(23)24)5-6-20(12-16(27)28)8-7-19(4-3-17)11-15(25)26;1-9(17)6-15-12(19)3-2-11(18)14-5-4-10-7-13-8-16-10/h1-12H2,(H,21,22)(H,23,24)(H,25,26)(H,27,28);7-8H,2-6H2,1H3,(H,13,16)(H,14,18)(H,15,19). The van der Waals surface area contributed by atoms with Crippen LogP contribution in [0.3, 0.4) is 0 Å². The maximum Gasteiger partial charge on any atom is 0.317 e. The smallest absolute Gasteiger partial charge is 0.317 e. The summed E-state index contributed by atoms with van der Waals surface area (Å²) in [5.74, 6) is -4.67. The van der Waals surface area contributed by atoms with E-state index in [-0.39, 0.29) is 63.2 Å². The van der Waals surface area contributed by atoms with Gasteiger partial charge in [-0.3, -0.25) is 53.2 Å². The third-order valence-corrected chi connectivity index (χ3v) is 6.75. The number of H-pyrrole nitrogens is 1. The largest absolute Gasteiger partial charge is 0.480 e. The topological polar surface area (TPSA) is 266 Å². The first kappa shape index (κ1) is 40.6. The van der Waals surface area contributed by atoms with E-state index < -0.39 is 23.9 Å². The van der Waals surface area contributed by atoms with Gasteiger partial charge >= 0.3 is 23.9 Å². The van der Waals surface area contributed by atoms with Gasteiger partial charge in [-0.15, -0.1) is 0 Å². The van der Waals surface area contributed by atoms with Gasteiger partial charge in [0.05, 0.1) is 39.1 Å². The van der Waals surface area contributed by atoms with Gasteiger partial charge in [0.2, 0.25) is 11.8 Å². The number of carboxylic acid groups (broad SMARTS) is 4. The highest BCUT2D eigenvalue weighted by Gasteiger charge is 2.20. The van der Waals surface area contributed by atoms with Gasteiger partial charge in [0.25, 0.3) is 0 Å². The van der Waals surface area contributed by atoms with Crippen LogP contribution in [0.5, 0.6) is 0 Å². The van der Waals surface area contributed by atoms with E-state index in [1.165, 1.54) is 6.92 Å². The number of carbonyl (C=O) groups is 7. The Bertz CT molecular complexity index is 1050. The second kappa shape index (κ2) is 23.0. The molecular weight excluding hydrogens is 624 g/mol. The lowest BCUT2D eigenvalue weighted by Gasteiger charge is -2.32. The third kappa shape index (κ3) is 21.8. The van der Waals surface area contributed by atoms with Crippen molar-refractivity contribution < 1.29 is 54.0 Å². The summed E-state index contributed by atoms with van der Waals surface area (Å²) in [6, 6.07) is 0. The van der Waals surface area contributed by atoms with Crippen LogP contribution >= 0.6 is 0 Å². The van der Waals surface area contributed by atoms with E-state index in [0.717, 1.165) is 5.69 Å². The van der Waals surface area contributed by atoms with Crippen molar-refractivity contribution in [1.82, 2.24) is 40.2 Å². The molecule has 0 spiro atoms. The van der Waals surface area contributed by atoms with Crippen LogP contribution in [-0.4, -0.2) is 183 Å². The summed E-state index contributed by atoms with van der Waals surface area (Å²) in [6.07, 6.45) is 4.15. The van der Waals surface area contributed by atoms with E-state index in [1.54, 1.807) is 32.1 Å². The van der Waals surface area contributed by atoms with Gasteiger partial charge < -0.3 is 36.0 Å². The summed E-state index contributed by atoms with van der Waals surface area (Å²) in [5, 5.41) is 41.4. The van der Waals surface area contributed by atoms with E-state index in [2.05, 4.69) is 20.6 Å². The predicted octanol–water partition coefficient (Wildman–Crippen LogP) is -2.90. The average Bonchev–Trinajstić information content (AvgIpc) is 3.49. The lowest BCUT2D eigenvalue weighted by atomic mass is 10.2. The fraction of sp³-hybridized carbons (Fsp3) is 0.643. The Labute approximate surface area is 271 Å².